The molecule has 1 heterocycles. The molecule has 1 aliphatic rings. The zero-order valence-electron chi connectivity index (χ0n) is 17.9. The number of benzene rings is 2. The number of thioether (sulfide) groups is 1. The number of ether oxygens (including phenoxy) is 3. The molecule has 0 atom stereocenters. The Morgan fingerprint density at radius 3 is 2.53 bits per heavy atom. The number of ketones is 1. The summed E-state index contributed by atoms with van der Waals surface area (Å²) in [5.41, 5.74) is 6.46. The lowest BCUT2D eigenvalue weighted by atomic mass is 10.1. The minimum atomic E-state index is -5.08. The van der Waals surface area contributed by atoms with Crippen LogP contribution in [-0.4, -0.2) is 49.2 Å². The molecule has 3 rings (SSSR count). The Labute approximate surface area is 196 Å². The van der Waals surface area contributed by atoms with Crippen LogP contribution in [0.25, 0.3) is 6.08 Å². The zero-order valence-corrected chi connectivity index (χ0v) is 18.7. The number of rotatable bonds is 8. The van der Waals surface area contributed by atoms with Crippen LogP contribution in [0.15, 0.2) is 41.3 Å². The number of nitrogens with two attached hydrogens (primary N) is 1. The standard InChI is InChI=1S/C20H20FNO4S.C2HF3O2/c1-24-17-6-4-13(9-15(17)21)3-5-16(23)14-10-19-20(27-12-26-19)11-18(14)25-8-2-7-22;3-2(4,5)1(6)7/h3-6,9-11H,2,7-8,12,22H2,1H3;(H,6,7)/b5-3+;. The summed E-state index contributed by atoms with van der Waals surface area (Å²) in [4.78, 5) is 22.5. The number of methoxy groups -OCH3 is 1. The SMILES string of the molecule is COc1ccc(/C=C/C(=O)c2cc3c(cc2OCCCN)SCO3)cc1F.O=C(O)C(F)(F)F. The molecular weight excluding hydrogens is 482 g/mol. The summed E-state index contributed by atoms with van der Waals surface area (Å²) < 4.78 is 61.7. The predicted molar refractivity (Wildman–Crippen MR) is 117 cm³/mol. The molecule has 0 saturated heterocycles. The molecule has 7 nitrogen and oxygen atoms in total. The number of alkyl halides is 3. The maximum absolute atomic E-state index is 13.8. The highest BCUT2D eigenvalue weighted by Gasteiger charge is 2.38. The summed E-state index contributed by atoms with van der Waals surface area (Å²) >= 11 is 1.55. The molecule has 0 aliphatic carbocycles. The third kappa shape index (κ3) is 7.66. The lowest BCUT2D eigenvalue weighted by Crippen LogP contribution is -2.21. The normalized spacial score (nSPS) is 12.4. The number of aliphatic carboxylic acids is 1. The molecule has 3 N–H and O–H groups in total. The molecular formula is C22H21F4NO6S. The van der Waals surface area contributed by atoms with Crippen LogP contribution in [0.1, 0.15) is 22.3 Å². The topological polar surface area (TPSA) is 108 Å². The quantitative estimate of drug-likeness (QED) is 0.234. The second kappa shape index (κ2) is 12.3. The van der Waals surface area contributed by atoms with E-state index in [0.717, 1.165) is 4.90 Å². The fourth-order valence-corrected chi connectivity index (χ4v) is 3.31. The van der Waals surface area contributed by atoms with Crippen LogP contribution >= 0.6 is 11.8 Å². The summed E-state index contributed by atoms with van der Waals surface area (Å²) in [6.07, 6.45) is -1.45. The van der Waals surface area contributed by atoms with E-state index in [1.54, 1.807) is 30.0 Å². The highest BCUT2D eigenvalue weighted by Crippen LogP contribution is 2.41. The average Bonchev–Trinajstić information content (AvgIpc) is 3.24. The van der Waals surface area contributed by atoms with Crippen molar-refractivity contribution in [2.75, 3.05) is 26.2 Å². The number of halogens is 4. The second-order valence-electron chi connectivity index (χ2n) is 6.59. The molecule has 0 unspecified atom stereocenters. The molecule has 0 radical (unpaired) electrons. The summed E-state index contributed by atoms with van der Waals surface area (Å²) in [6, 6.07) is 8.00. The Balaban J connectivity index is 0.000000509. The van der Waals surface area contributed by atoms with E-state index in [1.807, 2.05) is 6.07 Å². The Hall–Kier alpha value is -3.25. The van der Waals surface area contributed by atoms with Gasteiger partial charge in [-0.05, 0) is 48.9 Å². The zero-order chi connectivity index (χ0) is 25.3. The van der Waals surface area contributed by atoms with Gasteiger partial charge in [0.25, 0.3) is 0 Å². The van der Waals surface area contributed by atoms with Gasteiger partial charge in [0.05, 0.1) is 24.2 Å². The fraction of sp³-hybridized carbons (Fsp3) is 0.273. The first kappa shape index (κ1) is 27.0. The Morgan fingerprint density at radius 2 is 1.94 bits per heavy atom. The Kier molecular flexibility index (Phi) is 9.75. The van der Waals surface area contributed by atoms with Crippen molar-refractivity contribution in [1.29, 1.82) is 0 Å². The molecule has 12 heteroatoms. The van der Waals surface area contributed by atoms with Crippen molar-refractivity contribution in [2.45, 2.75) is 17.5 Å². The molecule has 0 bridgehead atoms. The van der Waals surface area contributed by atoms with Crippen LogP contribution in [0.2, 0.25) is 0 Å². The first-order valence-electron chi connectivity index (χ1n) is 9.69. The predicted octanol–water partition coefficient (Wildman–Crippen LogP) is 4.53. The molecule has 2 aromatic carbocycles. The van der Waals surface area contributed by atoms with Crippen molar-refractivity contribution in [2.24, 2.45) is 5.73 Å². The monoisotopic (exact) mass is 503 g/mol. The third-order valence-electron chi connectivity index (χ3n) is 4.19. The smallest absolute Gasteiger partial charge is 0.490 e. The van der Waals surface area contributed by atoms with Gasteiger partial charge in [-0.25, -0.2) is 9.18 Å². The minimum Gasteiger partial charge on any atom is -0.494 e. The van der Waals surface area contributed by atoms with Crippen LogP contribution in [0.5, 0.6) is 17.2 Å². The van der Waals surface area contributed by atoms with Gasteiger partial charge in [-0.3, -0.25) is 4.79 Å². The second-order valence-corrected chi connectivity index (χ2v) is 7.55. The van der Waals surface area contributed by atoms with Crippen LogP contribution in [-0.2, 0) is 4.79 Å². The summed E-state index contributed by atoms with van der Waals surface area (Å²) in [5, 5.41) is 7.12. The van der Waals surface area contributed by atoms with Crippen molar-refractivity contribution < 1.29 is 46.5 Å². The first-order valence-corrected chi connectivity index (χ1v) is 10.7. The summed E-state index contributed by atoms with van der Waals surface area (Å²) in [7, 11) is 1.40. The van der Waals surface area contributed by atoms with E-state index in [2.05, 4.69) is 0 Å². The molecule has 0 spiro atoms. The number of allylic oxidation sites excluding steroid dienone is 1. The van der Waals surface area contributed by atoms with Gasteiger partial charge in [-0.15, -0.1) is 0 Å². The Bertz CT molecular complexity index is 1060. The van der Waals surface area contributed by atoms with E-state index in [4.69, 9.17) is 29.8 Å². The van der Waals surface area contributed by atoms with Crippen LogP contribution < -0.4 is 19.9 Å². The lowest BCUT2D eigenvalue weighted by molar-refractivity contribution is -0.192. The molecule has 0 aromatic heterocycles. The number of carbonyl (C=O) groups is 2. The van der Waals surface area contributed by atoms with Crippen molar-refractivity contribution in [3.8, 4) is 17.2 Å². The maximum Gasteiger partial charge on any atom is 0.490 e. The van der Waals surface area contributed by atoms with Crippen molar-refractivity contribution >= 4 is 29.6 Å². The lowest BCUT2D eigenvalue weighted by Gasteiger charge is -2.11. The van der Waals surface area contributed by atoms with Gasteiger partial charge in [-0.1, -0.05) is 23.9 Å². The van der Waals surface area contributed by atoms with Gasteiger partial charge in [0.15, 0.2) is 17.3 Å². The highest BCUT2D eigenvalue weighted by molar-refractivity contribution is 7.99. The van der Waals surface area contributed by atoms with Gasteiger partial charge >= 0.3 is 12.1 Å². The number of carboxylic acid groups (broad SMARTS) is 1. The minimum absolute atomic E-state index is 0.155. The van der Waals surface area contributed by atoms with Gasteiger partial charge in [0.2, 0.25) is 0 Å². The van der Waals surface area contributed by atoms with E-state index in [9.17, 15) is 22.4 Å². The van der Waals surface area contributed by atoms with Gasteiger partial charge < -0.3 is 25.1 Å². The Morgan fingerprint density at radius 1 is 1.24 bits per heavy atom. The van der Waals surface area contributed by atoms with E-state index < -0.39 is 18.0 Å². The van der Waals surface area contributed by atoms with E-state index in [1.165, 1.54) is 25.3 Å². The van der Waals surface area contributed by atoms with Gasteiger partial charge in [0, 0.05) is 0 Å². The molecule has 0 saturated carbocycles. The van der Waals surface area contributed by atoms with Crippen LogP contribution in [0.3, 0.4) is 0 Å². The molecule has 0 fully saturated rings. The molecule has 34 heavy (non-hydrogen) atoms. The summed E-state index contributed by atoms with van der Waals surface area (Å²) in [5.74, 6) is -1.67. The number of hydrogen-bond acceptors (Lipinski definition) is 7. The molecule has 184 valence electrons. The van der Waals surface area contributed by atoms with E-state index >= 15 is 0 Å². The van der Waals surface area contributed by atoms with Crippen molar-refractivity contribution in [3.05, 3.63) is 53.4 Å². The van der Waals surface area contributed by atoms with Gasteiger partial charge in [-0.2, -0.15) is 13.2 Å². The van der Waals surface area contributed by atoms with Crippen LogP contribution in [0, 0.1) is 5.82 Å². The third-order valence-corrected chi connectivity index (χ3v) is 5.06. The molecule has 2 aromatic rings. The van der Waals surface area contributed by atoms with E-state index in [-0.39, 0.29) is 11.5 Å². The number of hydrogen-bond donors (Lipinski definition) is 2. The summed E-state index contributed by atoms with van der Waals surface area (Å²) in [6.45, 7) is 0.934. The largest absolute Gasteiger partial charge is 0.494 e. The van der Waals surface area contributed by atoms with Gasteiger partial charge in [0.1, 0.15) is 17.4 Å². The fourth-order valence-electron chi connectivity index (χ4n) is 2.55. The van der Waals surface area contributed by atoms with E-state index in [0.29, 0.717) is 48.1 Å². The number of carbonyl (C=O) groups excluding carboxylic acids is 1. The first-order chi connectivity index (χ1) is 16.1. The average molecular weight is 503 g/mol. The molecule has 0 amide bonds. The number of fused-ring (bicyclic) bond motifs is 1. The molecule has 1 aliphatic heterocycles. The van der Waals surface area contributed by atoms with Crippen molar-refractivity contribution in [3.63, 3.8) is 0 Å². The number of carboxylic acids is 1. The van der Waals surface area contributed by atoms with Crippen molar-refractivity contribution in [1.82, 2.24) is 0 Å². The highest BCUT2D eigenvalue weighted by atomic mass is 32.2. The maximum atomic E-state index is 13.8. The van der Waals surface area contributed by atoms with Crippen LogP contribution in [0.4, 0.5) is 17.6 Å².